The smallest absolute Gasteiger partial charge is 0.411 e. The first kappa shape index (κ1) is 72.3. The van der Waals surface area contributed by atoms with Gasteiger partial charge < -0.3 is 60.3 Å². The van der Waals surface area contributed by atoms with Crippen molar-refractivity contribution < 1.29 is 19.5 Å². The van der Waals surface area contributed by atoms with E-state index in [9.17, 15) is 0 Å². The van der Waals surface area contributed by atoms with Crippen LogP contribution in [0.15, 0.2) is 36.4 Å². The van der Waals surface area contributed by atoms with Crippen molar-refractivity contribution in [1.29, 1.82) is 0 Å². The normalized spacial score (nSPS) is 11.0. The maximum absolute atomic E-state index is 5.20. The molecule has 0 saturated heterocycles. The quantitative estimate of drug-likeness (QED) is 0.0296. The standard InChI is InChI=1S/2C33H59NS2.Zn/c2*1-3-5-7-9-11-13-15-17-19-21-23-26-30-27-25-29-32(34-33(35)36)31(30)28-24-22-20-18-16-14-12-10-8-6-4-2;/h2*25,27,29H,3-24,26,28H2,1-2H3,(H2,34,35,36);/q;;+2/p-2. The summed E-state index contributed by atoms with van der Waals surface area (Å²) in [5.41, 5.74) is 8.26. The van der Waals surface area contributed by atoms with Crippen LogP contribution in [0.4, 0.5) is 11.4 Å². The summed E-state index contributed by atoms with van der Waals surface area (Å²) in [6.45, 7) is 9.17. The van der Waals surface area contributed by atoms with Crippen LogP contribution in [-0.2, 0) is 70.4 Å². The number of thiocarbonyl (C=S) groups is 2. The summed E-state index contributed by atoms with van der Waals surface area (Å²) in [6.07, 6.45) is 65.9. The predicted octanol–water partition coefficient (Wildman–Crippen LogP) is 23.3. The molecule has 0 atom stereocenters. The van der Waals surface area contributed by atoms with Crippen LogP contribution in [0.3, 0.4) is 0 Å². The third kappa shape index (κ3) is 44.9. The molecular weight excluding hydrogens is 1010 g/mol. The Morgan fingerprint density at radius 1 is 0.301 bits per heavy atom. The van der Waals surface area contributed by atoms with E-state index in [0.717, 1.165) is 24.2 Å². The molecule has 0 amide bonds. The minimum absolute atomic E-state index is 0. The van der Waals surface area contributed by atoms with E-state index in [1.807, 2.05) is 0 Å². The largest absolute Gasteiger partial charge is 2.00 e. The molecule has 0 aliphatic heterocycles. The van der Waals surface area contributed by atoms with Crippen molar-refractivity contribution in [1.82, 2.24) is 0 Å². The molecule has 0 bridgehead atoms. The van der Waals surface area contributed by atoms with Gasteiger partial charge in [0.2, 0.25) is 0 Å². The second-order valence-corrected chi connectivity index (χ2v) is 24.0. The number of rotatable bonds is 50. The van der Waals surface area contributed by atoms with Crippen molar-refractivity contribution in [2.75, 3.05) is 10.6 Å². The number of nitrogens with one attached hydrogen (secondary N) is 2. The van der Waals surface area contributed by atoms with Crippen LogP contribution in [-0.4, -0.2) is 8.64 Å². The van der Waals surface area contributed by atoms with Crippen LogP contribution in [0, 0.1) is 0 Å². The maximum atomic E-state index is 5.20. The molecule has 7 heteroatoms. The van der Waals surface area contributed by atoms with Gasteiger partial charge in [-0.25, -0.2) is 0 Å². The van der Waals surface area contributed by atoms with Gasteiger partial charge in [0.1, 0.15) is 0 Å². The number of anilines is 2. The summed E-state index contributed by atoms with van der Waals surface area (Å²) in [7, 11) is 0. The van der Waals surface area contributed by atoms with Gasteiger partial charge in [-0.05, 0) is 85.8 Å². The van der Waals surface area contributed by atoms with E-state index in [0.29, 0.717) is 8.64 Å². The maximum Gasteiger partial charge on any atom is 2.00 e. The molecule has 2 nitrogen and oxygen atoms in total. The molecule has 2 aromatic carbocycles. The number of hydrogen-bond acceptors (Lipinski definition) is 4. The molecule has 416 valence electrons. The molecule has 2 rings (SSSR count). The molecule has 0 fully saturated rings. The summed E-state index contributed by atoms with van der Waals surface area (Å²) in [5.74, 6) is 0. The number of hydrogen-bond donors (Lipinski definition) is 2. The van der Waals surface area contributed by atoms with Crippen LogP contribution in [0.5, 0.6) is 0 Å². The van der Waals surface area contributed by atoms with Crippen molar-refractivity contribution in [2.24, 2.45) is 0 Å². The monoisotopic (exact) mass is 1130 g/mol. The first-order chi connectivity index (χ1) is 35.4. The van der Waals surface area contributed by atoms with Crippen molar-refractivity contribution >= 4 is 69.7 Å². The van der Waals surface area contributed by atoms with Gasteiger partial charge in [0.25, 0.3) is 0 Å². The van der Waals surface area contributed by atoms with E-state index in [-0.39, 0.29) is 19.5 Å². The Balaban J connectivity index is 0.00000140. The van der Waals surface area contributed by atoms with Gasteiger partial charge in [-0.2, -0.15) is 0 Å². The van der Waals surface area contributed by atoms with Crippen LogP contribution < -0.4 is 10.6 Å². The van der Waals surface area contributed by atoms with E-state index >= 15 is 0 Å². The van der Waals surface area contributed by atoms with Crippen LogP contribution in [0.1, 0.15) is 332 Å². The van der Waals surface area contributed by atoms with E-state index in [1.165, 1.54) is 318 Å². The topological polar surface area (TPSA) is 24.1 Å². The summed E-state index contributed by atoms with van der Waals surface area (Å²) in [6, 6.07) is 13.3. The Kier molecular flexibility index (Phi) is 55.5. The molecule has 2 aromatic rings. The summed E-state index contributed by atoms with van der Waals surface area (Å²) >= 11 is 20.8. The zero-order valence-electron chi connectivity index (χ0n) is 48.7. The molecule has 0 aliphatic rings. The van der Waals surface area contributed by atoms with Crippen LogP contribution >= 0.6 is 24.4 Å². The van der Waals surface area contributed by atoms with Crippen molar-refractivity contribution in [3.63, 3.8) is 0 Å². The van der Waals surface area contributed by atoms with Crippen LogP contribution in [0.25, 0.3) is 0 Å². The fourth-order valence-electron chi connectivity index (χ4n) is 10.7. The third-order valence-corrected chi connectivity index (χ3v) is 15.6. The molecule has 0 aliphatic carbocycles. The predicted molar refractivity (Wildman–Crippen MR) is 341 cm³/mol. The van der Waals surface area contributed by atoms with Crippen molar-refractivity contribution in [3.8, 4) is 0 Å². The first-order valence-electron chi connectivity index (χ1n) is 31.5. The summed E-state index contributed by atoms with van der Waals surface area (Å²) in [4.78, 5) is 0. The van der Waals surface area contributed by atoms with Crippen molar-refractivity contribution in [2.45, 2.75) is 336 Å². The average Bonchev–Trinajstić information content (AvgIpc) is 3.36. The number of benzene rings is 2. The first-order valence-corrected chi connectivity index (χ1v) is 33.2. The van der Waals surface area contributed by atoms with E-state index in [1.54, 1.807) is 0 Å². The van der Waals surface area contributed by atoms with Gasteiger partial charge in [-0.1, -0.05) is 317 Å². The number of aryl methyl sites for hydroxylation is 2. The van der Waals surface area contributed by atoms with E-state index in [4.69, 9.17) is 49.7 Å². The van der Waals surface area contributed by atoms with E-state index in [2.05, 4.69) is 74.7 Å². The molecule has 0 heterocycles. The molecule has 0 aromatic heterocycles. The Morgan fingerprint density at radius 3 is 0.699 bits per heavy atom. The van der Waals surface area contributed by atoms with E-state index < -0.39 is 0 Å². The second-order valence-electron chi connectivity index (χ2n) is 21.9. The van der Waals surface area contributed by atoms with Gasteiger partial charge >= 0.3 is 19.5 Å². The Morgan fingerprint density at radius 2 is 0.493 bits per heavy atom. The number of unbranched alkanes of at least 4 members (excludes halogenated alkanes) is 40. The second kappa shape index (κ2) is 56.0. The zero-order chi connectivity index (χ0) is 52.2. The zero-order valence-corrected chi connectivity index (χ0v) is 55.0. The Labute approximate surface area is 490 Å². The molecule has 2 N–H and O–H groups in total. The molecule has 0 saturated carbocycles. The minimum Gasteiger partial charge on any atom is -0.411 e. The minimum atomic E-state index is 0. The van der Waals surface area contributed by atoms with Crippen LogP contribution in [0.2, 0.25) is 0 Å². The van der Waals surface area contributed by atoms with Gasteiger partial charge in [-0.15, -0.1) is 0 Å². The van der Waals surface area contributed by atoms with Gasteiger partial charge in [0.05, 0.1) is 0 Å². The molecule has 73 heavy (non-hydrogen) atoms. The fraction of sp³-hybridized carbons (Fsp3) is 0.788. The van der Waals surface area contributed by atoms with Gasteiger partial charge in [0, 0.05) is 11.4 Å². The fourth-order valence-corrected chi connectivity index (χ4v) is 11.1. The average molecular weight is 1130 g/mol. The van der Waals surface area contributed by atoms with Crippen molar-refractivity contribution in [3.05, 3.63) is 58.7 Å². The molecule has 0 unspecified atom stereocenters. The summed E-state index contributed by atoms with van der Waals surface area (Å²) in [5, 5.41) is 6.59. The third-order valence-electron chi connectivity index (χ3n) is 15.2. The molecular formula is C66H116N2S4Zn. The molecule has 0 radical (unpaired) electrons. The van der Waals surface area contributed by atoms with Gasteiger partial charge in [0.15, 0.2) is 0 Å². The SMILES string of the molecule is CCCCCCCCCCCCCc1cccc(NC(=S)[S-])c1CCCCCCCCCCCCC.CCCCCCCCCCCCCc1cccc(NC(=S)[S-])c1CCCCCCCCCCCCC.[Zn+2]. The molecule has 0 spiro atoms. The van der Waals surface area contributed by atoms with Gasteiger partial charge in [-0.3, -0.25) is 0 Å². The summed E-state index contributed by atoms with van der Waals surface area (Å²) < 4.78 is 0.920. The Hall–Kier alpha value is -0.717. The Bertz CT molecular complexity index is 1400.